The molecular formula is C33H35F2N9O4. The van der Waals surface area contributed by atoms with Gasteiger partial charge in [-0.25, -0.2) is 28.7 Å². The number of amides is 1. The second kappa shape index (κ2) is 15.1. The first-order valence-electron chi connectivity index (χ1n) is 15.6. The molecule has 250 valence electrons. The zero-order valence-electron chi connectivity index (χ0n) is 26.6. The number of hydrogen-bond acceptors (Lipinski definition) is 11. The number of para-hydroxylation sites is 1. The van der Waals surface area contributed by atoms with E-state index >= 15 is 8.78 Å². The smallest absolute Gasteiger partial charge is 0.222 e. The van der Waals surface area contributed by atoms with Crippen molar-refractivity contribution in [3.8, 4) is 23.0 Å². The van der Waals surface area contributed by atoms with Crippen molar-refractivity contribution in [2.24, 2.45) is 0 Å². The Bertz CT molecular complexity index is 1880. The van der Waals surface area contributed by atoms with Gasteiger partial charge >= 0.3 is 0 Å². The lowest BCUT2D eigenvalue weighted by molar-refractivity contribution is -0.114. The quantitative estimate of drug-likeness (QED) is 0.168. The summed E-state index contributed by atoms with van der Waals surface area (Å²) in [5.74, 6) is -0.0376. The number of morpholine rings is 1. The molecule has 15 heteroatoms. The molecule has 13 nitrogen and oxygen atoms in total. The van der Waals surface area contributed by atoms with E-state index in [1.54, 1.807) is 19.2 Å². The van der Waals surface area contributed by atoms with E-state index in [1.165, 1.54) is 30.1 Å². The van der Waals surface area contributed by atoms with Crippen LogP contribution < -0.4 is 20.1 Å². The highest BCUT2D eigenvalue weighted by molar-refractivity contribution is 5.92. The summed E-state index contributed by atoms with van der Waals surface area (Å²) in [4.78, 5) is 31.6. The van der Waals surface area contributed by atoms with E-state index in [2.05, 4.69) is 30.5 Å². The van der Waals surface area contributed by atoms with E-state index < -0.39 is 11.6 Å². The number of fused-ring (bicyclic) bond motifs is 1. The van der Waals surface area contributed by atoms with E-state index in [1.807, 2.05) is 24.3 Å². The minimum absolute atomic E-state index is 0.118. The average molecular weight is 660 g/mol. The van der Waals surface area contributed by atoms with Gasteiger partial charge < -0.3 is 24.8 Å². The summed E-state index contributed by atoms with van der Waals surface area (Å²) in [7, 11) is 0. The lowest BCUT2D eigenvalue weighted by atomic mass is 10.1. The van der Waals surface area contributed by atoms with Gasteiger partial charge in [0.1, 0.15) is 41.0 Å². The molecule has 0 spiro atoms. The van der Waals surface area contributed by atoms with E-state index in [0.717, 1.165) is 39.3 Å². The standard InChI is InChI=1S/C33H35F2N9O4/c1-3-47-22-15-25(34)24(26(35)16-22)19-44-27-8-5-4-7-23(27)31(42-44)33-36-18-28(48-12-6-9-43-10-13-46-14-11-43)32(41-33)40-30-17-29(37-20-38-30)39-21(2)45/h4-5,7-8,15-18,20H,3,6,9-14,19H2,1-2H3,(H2,36,37,38,39,40,41,45). The third-order valence-electron chi connectivity index (χ3n) is 7.56. The number of carbonyl (C=O) groups excluding carboxylic acids is 1. The molecule has 1 saturated heterocycles. The van der Waals surface area contributed by atoms with Crippen molar-refractivity contribution in [1.82, 2.24) is 34.6 Å². The number of nitrogens with zero attached hydrogens (tertiary/aromatic N) is 7. The lowest BCUT2D eigenvalue weighted by Gasteiger charge is -2.26. The number of carbonyl (C=O) groups is 1. The van der Waals surface area contributed by atoms with E-state index in [9.17, 15) is 4.79 Å². The van der Waals surface area contributed by atoms with Crippen LogP contribution in [0.1, 0.15) is 25.8 Å². The number of hydrogen-bond donors (Lipinski definition) is 2. The largest absolute Gasteiger partial charge is 0.494 e. The molecule has 1 aliphatic rings. The molecule has 0 radical (unpaired) electrons. The van der Waals surface area contributed by atoms with Crippen molar-refractivity contribution in [2.45, 2.75) is 26.8 Å². The zero-order valence-corrected chi connectivity index (χ0v) is 26.6. The van der Waals surface area contributed by atoms with Crippen LogP contribution in [-0.4, -0.2) is 86.6 Å². The van der Waals surface area contributed by atoms with E-state index in [0.29, 0.717) is 46.4 Å². The predicted molar refractivity (Wildman–Crippen MR) is 174 cm³/mol. The second-order valence-electron chi connectivity index (χ2n) is 11.0. The Labute approximate surface area is 275 Å². The van der Waals surface area contributed by atoms with Crippen LogP contribution in [0.5, 0.6) is 11.5 Å². The molecule has 0 aliphatic carbocycles. The highest BCUT2D eigenvalue weighted by atomic mass is 19.1. The third-order valence-corrected chi connectivity index (χ3v) is 7.56. The van der Waals surface area contributed by atoms with Crippen molar-refractivity contribution >= 4 is 34.3 Å². The lowest BCUT2D eigenvalue weighted by Crippen LogP contribution is -2.37. The van der Waals surface area contributed by atoms with E-state index in [-0.39, 0.29) is 36.2 Å². The van der Waals surface area contributed by atoms with Crippen LogP contribution in [-0.2, 0) is 16.1 Å². The van der Waals surface area contributed by atoms with Crippen molar-refractivity contribution in [1.29, 1.82) is 0 Å². The van der Waals surface area contributed by atoms with Gasteiger partial charge in [-0.1, -0.05) is 18.2 Å². The van der Waals surface area contributed by atoms with Gasteiger partial charge in [0.15, 0.2) is 17.4 Å². The topological polar surface area (TPSA) is 141 Å². The van der Waals surface area contributed by atoms with Crippen molar-refractivity contribution in [3.63, 3.8) is 0 Å². The normalized spacial score (nSPS) is 13.4. The number of ether oxygens (including phenoxy) is 3. The molecule has 5 aromatic rings. The van der Waals surface area contributed by atoms with Gasteiger partial charge in [0, 0.05) is 55.7 Å². The molecule has 6 rings (SSSR count). The molecule has 3 aromatic heterocycles. The summed E-state index contributed by atoms with van der Waals surface area (Å²) < 4.78 is 48.4. The molecule has 0 atom stereocenters. The minimum atomic E-state index is -0.735. The first-order chi connectivity index (χ1) is 23.4. The highest BCUT2D eigenvalue weighted by Crippen LogP contribution is 2.32. The fourth-order valence-corrected chi connectivity index (χ4v) is 5.31. The Hall–Kier alpha value is -5.28. The minimum Gasteiger partial charge on any atom is -0.494 e. The molecule has 4 heterocycles. The Balaban J connectivity index is 1.31. The molecule has 2 N–H and O–H groups in total. The highest BCUT2D eigenvalue weighted by Gasteiger charge is 2.21. The summed E-state index contributed by atoms with van der Waals surface area (Å²) >= 11 is 0. The van der Waals surface area contributed by atoms with Gasteiger partial charge in [0.25, 0.3) is 0 Å². The van der Waals surface area contributed by atoms with Gasteiger partial charge in [-0.2, -0.15) is 5.10 Å². The number of nitrogens with one attached hydrogen (secondary N) is 2. The van der Waals surface area contributed by atoms with Crippen LogP contribution in [0.15, 0.2) is 55.0 Å². The van der Waals surface area contributed by atoms with Gasteiger partial charge in [-0.3, -0.25) is 14.4 Å². The Morgan fingerprint density at radius 2 is 1.79 bits per heavy atom. The van der Waals surface area contributed by atoms with Gasteiger partial charge in [0.2, 0.25) is 5.91 Å². The van der Waals surface area contributed by atoms with Crippen LogP contribution in [0.25, 0.3) is 22.4 Å². The van der Waals surface area contributed by atoms with Crippen molar-refractivity contribution < 1.29 is 27.8 Å². The van der Waals surface area contributed by atoms with Crippen LogP contribution in [0.4, 0.5) is 26.2 Å². The average Bonchev–Trinajstić information content (AvgIpc) is 3.44. The van der Waals surface area contributed by atoms with Crippen molar-refractivity contribution in [2.75, 3.05) is 56.7 Å². The fourth-order valence-electron chi connectivity index (χ4n) is 5.31. The predicted octanol–water partition coefficient (Wildman–Crippen LogP) is 4.81. The van der Waals surface area contributed by atoms with Crippen LogP contribution in [0, 0.1) is 11.6 Å². The SMILES string of the molecule is CCOc1cc(F)c(Cn2nc(-c3ncc(OCCCN4CCOCC4)c(Nc4cc(NC(C)=O)ncn4)n3)c3ccccc32)c(F)c1. The summed E-state index contributed by atoms with van der Waals surface area (Å²) in [5.41, 5.74) is 0.888. The molecule has 0 saturated carbocycles. The fraction of sp³-hybridized carbons (Fsp3) is 0.333. The molecule has 2 aromatic carbocycles. The van der Waals surface area contributed by atoms with Gasteiger partial charge in [-0.05, 0) is 19.4 Å². The maximum absolute atomic E-state index is 15.0. The summed E-state index contributed by atoms with van der Waals surface area (Å²) in [6.45, 7) is 7.71. The number of benzene rings is 2. The zero-order chi connectivity index (χ0) is 33.5. The van der Waals surface area contributed by atoms with Crippen LogP contribution >= 0.6 is 0 Å². The molecule has 48 heavy (non-hydrogen) atoms. The maximum atomic E-state index is 15.0. The molecule has 0 bridgehead atoms. The Morgan fingerprint density at radius 3 is 2.56 bits per heavy atom. The summed E-state index contributed by atoms with van der Waals surface area (Å²) in [6.07, 6.45) is 3.64. The first kappa shape index (κ1) is 32.7. The van der Waals surface area contributed by atoms with Crippen LogP contribution in [0.2, 0.25) is 0 Å². The maximum Gasteiger partial charge on any atom is 0.222 e. The Kier molecular flexibility index (Phi) is 10.3. The molecule has 1 amide bonds. The van der Waals surface area contributed by atoms with Gasteiger partial charge in [-0.15, -0.1) is 0 Å². The van der Waals surface area contributed by atoms with Crippen molar-refractivity contribution in [3.05, 3.63) is 72.2 Å². The second-order valence-corrected chi connectivity index (χ2v) is 11.0. The first-order valence-corrected chi connectivity index (χ1v) is 15.6. The Morgan fingerprint density at radius 1 is 1.02 bits per heavy atom. The summed E-state index contributed by atoms with van der Waals surface area (Å²) in [5, 5.41) is 11.2. The monoisotopic (exact) mass is 659 g/mol. The number of aromatic nitrogens is 6. The van der Waals surface area contributed by atoms with E-state index in [4.69, 9.17) is 24.3 Å². The third kappa shape index (κ3) is 7.81. The van der Waals surface area contributed by atoms with Crippen LogP contribution in [0.3, 0.4) is 0 Å². The summed E-state index contributed by atoms with van der Waals surface area (Å²) in [6, 6.07) is 11.2. The molecule has 1 aliphatic heterocycles. The molecular weight excluding hydrogens is 624 g/mol. The number of rotatable bonds is 13. The molecule has 0 unspecified atom stereocenters. The number of anilines is 3. The molecule has 1 fully saturated rings. The number of halogens is 2. The van der Waals surface area contributed by atoms with Gasteiger partial charge in [0.05, 0.1) is 44.7 Å².